The Morgan fingerprint density at radius 1 is 1.06 bits per heavy atom. The Morgan fingerprint density at radius 2 is 1.56 bits per heavy atom. The molecule has 0 amide bonds. The molecule has 0 aliphatic rings. The van der Waals surface area contributed by atoms with Crippen molar-refractivity contribution in [3.63, 3.8) is 0 Å². The standard InChI is InChI=1S/C12H27NO2S/c1-9(2)12(11(5)13-6)7-8-16(14,15)10(3)4/h9-13H,7-8H2,1-6H3. The topological polar surface area (TPSA) is 46.2 Å². The van der Waals surface area contributed by atoms with Crippen molar-refractivity contribution in [1.29, 1.82) is 0 Å². The van der Waals surface area contributed by atoms with Gasteiger partial charge in [0.05, 0.1) is 11.0 Å². The molecule has 16 heavy (non-hydrogen) atoms. The number of hydrogen-bond acceptors (Lipinski definition) is 3. The van der Waals surface area contributed by atoms with Crippen LogP contribution in [0.5, 0.6) is 0 Å². The largest absolute Gasteiger partial charge is 0.317 e. The Bertz CT molecular complexity index is 283. The molecule has 1 N–H and O–H groups in total. The summed E-state index contributed by atoms with van der Waals surface area (Å²) in [5.74, 6) is 1.22. The lowest BCUT2D eigenvalue weighted by molar-refractivity contribution is 0.294. The Balaban J connectivity index is 4.45. The highest BCUT2D eigenvalue weighted by molar-refractivity contribution is 7.91. The lowest BCUT2D eigenvalue weighted by Gasteiger charge is -2.27. The van der Waals surface area contributed by atoms with E-state index in [4.69, 9.17) is 0 Å². The van der Waals surface area contributed by atoms with Gasteiger partial charge in [0.25, 0.3) is 0 Å². The molecule has 2 atom stereocenters. The summed E-state index contributed by atoms with van der Waals surface area (Å²) in [7, 11) is -0.969. The summed E-state index contributed by atoms with van der Waals surface area (Å²) in [5, 5.41) is 2.96. The summed E-state index contributed by atoms with van der Waals surface area (Å²) in [6.45, 7) is 9.93. The molecular weight excluding hydrogens is 222 g/mol. The van der Waals surface area contributed by atoms with Gasteiger partial charge in [-0.2, -0.15) is 0 Å². The van der Waals surface area contributed by atoms with Crippen LogP contribution in [0.1, 0.15) is 41.0 Å². The van der Waals surface area contributed by atoms with E-state index >= 15 is 0 Å². The zero-order valence-corrected chi connectivity index (χ0v) is 12.3. The van der Waals surface area contributed by atoms with Gasteiger partial charge in [0.1, 0.15) is 0 Å². The molecule has 0 saturated heterocycles. The maximum absolute atomic E-state index is 11.7. The van der Waals surface area contributed by atoms with Crippen LogP contribution < -0.4 is 5.32 Å². The summed E-state index contributed by atoms with van der Waals surface area (Å²) in [6.07, 6.45) is 0.750. The van der Waals surface area contributed by atoms with Gasteiger partial charge in [-0.1, -0.05) is 13.8 Å². The molecule has 0 rings (SSSR count). The molecule has 0 aliphatic carbocycles. The first-order chi connectivity index (χ1) is 7.22. The number of rotatable bonds is 7. The number of nitrogens with one attached hydrogen (secondary N) is 1. The molecule has 0 aliphatic heterocycles. The summed E-state index contributed by atoms with van der Waals surface area (Å²) in [5.41, 5.74) is 0. The van der Waals surface area contributed by atoms with Crippen LogP contribution in [0.3, 0.4) is 0 Å². The van der Waals surface area contributed by atoms with Crippen LogP contribution in [0.25, 0.3) is 0 Å². The van der Waals surface area contributed by atoms with E-state index < -0.39 is 9.84 Å². The second-order valence-corrected chi connectivity index (χ2v) is 7.87. The highest BCUT2D eigenvalue weighted by atomic mass is 32.2. The molecule has 0 radical (unpaired) electrons. The highest BCUT2D eigenvalue weighted by Gasteiger charge is 2.23. The van der Waals surface area contributed by atoms with Crippen molar-refractivity contribution in [2.75, 3.05) is 12.8 Å². The van der Waals surface area contributed by atoms with Gasteiger partial charge in [0.2, 0.25) is 0 Å². The van der Waals surface area contributed by atoms with Gasteiger partial charge in [-0.25, -0.2) is 8.42 Å². The first kappa shape index (κ1) is 15.9. The third-order valence-corrected chi connectivity index (χ3v) is 5.65. The van der Waals surface area contributed by atoms with Gasteiger partial charge >= 0.3 is 0 Å². The Morgan fingerprint density at radius 3 is 1.88 bits per heavy atom. The molecule has 4 heteroatoms. The second kappa shape index (κ2) is 6.60. The first-order valence-electron chi connectivity index (χ1n) is 6.11. The fourth-order valence-corrected chi connectivity index (χ4v) is 2.98. The third-order valence-electron chi connectivity index (χ3n) is 3.41. The summed E-state index contributed by atoms with van der Waals surface area (Å²) in [6, 6.07) is 0.363. The lowest BCUT2D eigenvalue weighted by Crippen LogP contribution is -2.35. The molecular formula is C12H27NO2S. The van der Waals surface area contributed by atoms with Crippen LogP contribution in [-0.4, -0.2) is 32.5 Å². The van der Waals surface area contributed by atoms with Crippen LogP contribution in [0.15, 0.2) is 0 Å². The van der Waals surface area contributed by atoms with Crippen LogP contribution in [0.2, 0.25) is 0 Å². The van der Waals surface area contributed by atoms with E-state index in [1.54, 1.807) is 13.8 Å². The molecule has 0 heterocycles. The van der Waals surface area contributed by atoms with Crippen molar-refractivity contribution in [1.82, 2.24) is 5.32 Å². The van der Waals surface area contributed by atoms with Gasteiger partial charge in [0, 0.05) is 6.04 Å². The van der Waals surface area contributed by atoms with Crippen LogP contribution in [0.4, 0.5) is 0 Å². The lowest BCUT2D eigenvalue weighted by atomic mass is 9.87. The predicted octanol–water partition coefficient (Wildman–Crippen LogP) is 2.08. The molecule has 0 aromatic rings. The quantitative estimate of drug-likeness (QED) is 0.751. The van der Waals surface area contributed by atoms with Crippen LogP contribution in [0, 0.1) is 11.8 Å². The zero-order valence-electron chi connectivity index (χ0n) is 11.4. The Hall–Kier alpha value is -0.0900. The normalized spacial score (nSPS) is 16.8. The van der Waals surface area contributed by atoms with Crippen molar-refractivity contribution in [2.24, 2.45) is 11.8 Å². The number of hydrogen-bond donors (Lipinski definition) is 1. The number of sulfone groups is 1. The molecule has 0 aromatic carbocycles. The molecule has 3 nitrogen and oxygen atoms in total. The summed E-state index contributed by atoms with van der Waals surface area (Å²) in [4.78, 5) is 0. The average Bonchev–Trinajstić information content (AvgIpc) is 2.16. The van der Waals surface area contributed by atoms with Gasteiger partial charge in [0.15, 0.2) is 9.84 Å². The Labute approximate surface area is 101 Å². The minimum atomic E-state index is -2.90. The highest BCUT2D eigenvalue weighted by Crippen LogP contribution is 2.21. The van der Waals surface area contributed by atoms with Crippen molar-refractivity contribution in [3.05, 3.63) is 0 Å². The molecule has 0 aromatic heterocycles. The van der Waals surface area contributed by atoms with Crippen LogP contribution in [-0.2, 0) is 9.84 Å². The molecule has 0 spiro atoms. The van der Waals surface area contributed by atoms with E-state index in [1.165, 1.54) is 0 Å². The minimum Gasteiger partial charge on any atom is -0.317 e. The molecule has 98 valence electrons. The van der Waals surface area contributed by atoms with E-state index in [1.807, 2.05) is 7.05 Å². The fourth-order valence-electron chi connectivity index (χ4n) is 1.91. The zero-order chi connectivity index (χ0) is 12.9. The van der Waals surface area contributed by atoms with Crippen molar-refractivity contribution >= 4 is 9.84 Å². The minimum absolute atomic E-state index is 0.259. The van der Waals surface area contributed by atoms with E-state index in [2.05, 4.69) is 26.1 Å². The first-order valence-corrected chi connectivity index (χ1v) is 7.82. The monoisotopic (exact) mass is 249 g/mol. The van der Waals surface area contributed by atoms with E-state index in [0.29, 0.717) is 23.6 Å². The maximum atomic E-state index is 11.7. The smallest absolute Gasteiger partial charge is 0.152 e. The van der Waals surface area contributed by atoms with Gasteiger partial charge < -0.3 is 5.32 Å². The summed E-state index contributed by atoms with van der Waals surface area (Å²) >= 11 is 0. The molecule has 0 bridgehead atoms. The maximum Gasteiger partial charge on any atom is 0.152 e. The van der Waals surface area contributed by atoms with Gasteiger partial charge in [-0.15, -0.1) is 0 Å². The van der Waals surface area contributed by atoms with Gasteiger partial charge in [-0.05, 0) is 46.1 Å². The van der Waals surface area contributed by atoms with Crippen molar-refractivity contribution in [3.8, 4) is 0 Å². The molecule has 0 saturated carbocycles. The fraction of sp³-hybridized carbons (Fsp3) is 1.00. The third kappa shape index (κ3) is 4.83. The van der Waals surface area contributed by atoms with E-state index in [0.717, 1.165) is 6.42 Å². The second-order valence-electron chi connectivity index (χ2n) is 5.19. The Kier molecular flexibility index (Phi) is 6.56. The SMILES string of the molecule is CNC(C)C(CCS(=O)(=O)C(C)C)C(C)C. The predicted molar refractivity (Wildman–Crippen MR) is 70.4 cm³/mol. The molecule has 2 unspecified atom stereocenters. The summed E-state index contributed by atoms with van der Waals surface area (Å²) < 4.78 is 23.5. The molecule has 0 fully saturated rings. The van der Waals surface area contributed by atoms with Gasteiger partial charge in [-0.3, -0.25) is 0 Å². The van der Waals surface area contributed by atoms with E-state index in [9.17, 15) is 8.42 Å². The van der Waals surface area contributed by atoms with Crippen LogP contribution >= 0.6 is 0 Å². The average molecular weight is 249 g/mol. The van der Waals surface area contributed by atoms with E-state index in [-0.39, 0.29) is 5.25 Å². The van der Waals surface area contributed by atoms with Crippen molar-refractivity contribution in [2.45, 2.75) is 52.3 Å². The van der Waals surface area contributed by atoms with Crippen molar-refractivity contribution < 1.29 is 8.42 Å².